The van der Waals surface area contributed by atoms with Crippen LogP contribution in [0.15, 0.2) is 0 Å². The number of hydrogen-bond donors (Lipinski definition) is 1. The Morgan fingerprint density at radius 2 is 1.47 bits per heavy atom. The molecule has 0 aromatic carbocycles. The predicted molar refractivity (Wildman–Crippen MR) is 80.0 cm³/mol. The summed E-state index contributed by atoms with van der Waals surface area (Å²) in [5, 5.41) is 4.19. The smallest absolute Gasteiger partial charge is 0.0127 e. The molecule has 5 aliphatic carbocycles. The van der Waals surface area contributed by atoms with E-state index in [1.807, 2.05) is 0 Å². The summed E-state index contributed by atoms with van der Waals surface area (Å²) < 4.78 is 0. The van der Waals surface area contributed by atoms with Crippen molar-refractivity contribution in [2.45, 2.75) is 83.7 Å². The van der Waals surface area contributed by atoms with Gasteiger partial charge in [0.25, 0.3) is 0 Å². The van der Waals surface area contributed by atoms with Crippen LogP contribution in [-0.4, -0.2) is 12.1 Å². The van der Waals surface area contributed by atoms with E-state index in [1.54, 1.807) is 32.1 Å². The summed E-state index contributed by atoms with van der Waals surface area (Å²) in [7, 11) is 0. The normalized spacial score (nSPS) is 51.5. The zero-order valence-electron chi connectivity index (χ0n) is 12.8. The number of hydrogen-bond acceptors (Lipinski definition) is 1. The van der Waals surface area contributed by atoms with Crippen molar-refractivity contribution in [1.82, 2.24) is 5.32 Å². The van der Waals surface area contributed by atoms with Gasteiger partial charge in [0, 0.05) is 12.1 Å². The van der Waals surface area contributed by atoms with Gasteiger partial charge in [0.05, 0.1) is 0 Å². The summed E-state index contributed by atoms with van der Waals surface area (Å²) >= 11 is 0. The van der Waals surface area contributed by atoms with Gasteiger partial charge in [-0.1, -0.05) is 26.7 Å². The van der Waals surface area contributed by atoms with Crippen molar-refractivity contribution in [3.8, 4) is 0 Å². The maximum Gasteiger partial charge on any atom is 0.0127 e. The lowest BCUT2D eigenvalue weighted by atomic mass is 9.54. The minimum atomic E-state index is 0.535. The van der Waals surface area contributed by atoms with Crippen molar-refractivity contribution in [2.24, 2.45) is 29.1 Å². The van der Waals surface area contributed by atoms with E-state index in [0.29, 0.717) is 5.41 Å². The maximum atomic E-state index is 4.19. The first-order valence-electron chi connectivity index (χ1n) is 8.88. The number of rotatable bonds is 2. The highest BCUT2D eigenvalue weighted by Gasteiger charge is 2.49. The van der Waals surface area contributed by atoms with Gasteiger partial charge in [0.1, 0.15) is 0 Å². The quantitative estimate of drug-likeness (QED) is 0.778. The molecular formula is C18H31N. The highest BCUT2D eigenvalue weighted by molar-refractivity contribution is 5.03. The Labute approximate surface area is 118 Å². The van der Waals surface area contributed by atoms with Gasteiger partial charge in [-0.3, -0.25) is 0 Å². The van der Waals surface area contributed by atoms with Crippen LogP contribution >= 0.6 is 0 Å². The Morgan fingerprint density at radius 3 is 2.05 bits per heavy atom. The van der Waals surface area contributed by atoms with Gasteiger partial charge in [-0.2, -0.15) is 0 Å². The summed E-state index contributed by atoms with van der Waals surface area (Å²) in [5.41, 5.74) is 0.535. The summed E-state index contributed by atoms with van der Waals surface area (Å²) in [6.07, 6.45) is 13.6. The molecular weight excluding hydrogens is 230 g/mol. The molecule has 5 saturated carbocycles. The van der Waals surface area contributed by atoms with Crippen molar-refractivity contribution in [3.63, 3.8) is 0 Å². The zero-order chi connectivity index (χ0) is 13.0. The first kappa shape index (κ1) is 12.7. The average Bonchev–Trinajstić information content (AvgIpc) is 2.34. The van der Waals surface area contributed by atoms with Gasteiger partial charge in [0.15, 0.2) is 0 Å². The lowest BCUT2D eigenvalue weighted by Crippen LogP contribution is -2.59. The molecule has 108 valence electrons. The molecule has 1 unspecified atom stereocenters. The highest BCUT2D eigenvalue weighted by Crippen LogP contribution is 2.54. The van der Waals surface area contributed by atoms with Crippen LogP contribution in [0.4, 0.5) is 0 Å². The van der Waals surface area contributed by atoms with Crippen LogP contribution in [0.3, 0.4) is 0 Å². The lowest BCUT2D eigenvalue weighted by Gasteiger charge is -2.56. The molecule has 1 N–H and O–H groups in total. The molecule has 0 saturated heterocycles. The van der Waals surface area contributed by atoms with Crippen LogP contribution in [0, 0.1) is 29.1 Å². The van der Waals surface area contributed by atoms with Gasteiger partial charge >= 0.3 is 0 Å². The van der Waals surface area contributed by atoms with E-state index in [0.717, 1.165) is 35.8 Å². The first-order valence-corrected chi connectivity index (χ1v) is 8.88. The fourth-order valence-electron chi connectivity index (χ4n) is 6.23. The molecule has 0 radical (unpaired) electrons. The van der Waals surface area contributed by atoms with Crippen LogP contribution in [0.2, 0.25) is 0 Å². The second-order valence-corrected chi connectivity index (χ2v) is 8.91. The predicted octanol–water partition coefficient (Wildman–Crippen LogP) is 4.37. The van der Waals surface area contributed by atoms with E-state index in [2.05, 4.69) is 19.2 Å². The second-order valence-electron chi connectivity index (χ2n) is 8.91. The molecule has 5 aliphatic rings. The molecule has 0 aliphatic heterocycles. The third-order valence-electron chi connectivity index (χ3n) is 7.13. The van der Waals surface area contributed by atoms with E-state index in [-0.39, 0.29) is 0 Å². The van der Waals surface area contributed by atoms with Crippen LogP contribution < -0.4 is 5.32 Å². The zero-order valence-corrected chi connectivity index (χ0v) is 12.8. The minimum Gasteiger partial charge on any atom is -0.310 e. The Hall–Kier alpha value is -0.0400. The molecule has 1 nitrogen and oxygen atoms in total. The third kappa shape index (κ3) is 2.17. The highest BCUT2D eigenvalue weighted by atomic mass is 15.0. The maximum absolute atomic E-state index is 4.19. The molecule has 0 amide bonds. The van der Waals surface area contributed by atoms with Gasteiger partial charge < -0.3 is 5.32 Å². The molecule has 0 aromatic heterocycles. The van der Waals surface area contributed by atoms with Crippen LogP contribution in [0.25, 0.3) is 0 Å². The molecule has 0 heterocycles. The minimum absolute atomic E-state index is 0.535. The van der Waals surface area contributed by atoms with E-state index in [1.165, 1.54) is 25.7 Å². The Balaban J connectivity index is 1.48. The van der Waals surface area contributed by atoms with Crippen molar-refractivity contribution in [3.05, 3.63) is 0 Å². The Morgan fingerprint density at radius 1 is 0.842 bits per heavy atom. The molecule has 1 atom stereocenters. The van der Waals surface area contributed by atoms with Crippen molar-refractivity contribution in [2.75, 3.05) is 0 Å². The summed E-state index contributed by atoms with van der Waals surface area (Å²) in [5.74, 6) is 4.29. The van der Waals surface area contributed by atoms with Crippen molar-refractivity contribution >= 4 is 0 Å². The van der Waals surface area contributed by atoms with E-state index in [9.17, 15) is 0 Å². The van der Waals surface area contributed by atoms with Crippen molar-refractivity contribution < 1.29 is 0 Å². The van der Waals surface area contributed by atoms with Crippen LogP contribution in [0.5, 0.6) is 0 Å². The third-order valence-corrected chi connectivity index (χ3v) is 7.13. The summed E-state index contributed by atoms with van der Waals surface area (Å²) in [6, 6.07) is 1.68. The summed E-state index contributed by atoms with van der Waals surface area (Å²) in [4.78, 5) is 0. The molecule has 0 aromatic rings. The fourth-order valence-corrected chi connectivity index (χ4v) is 6.23. The summed E-state index contributed by atoms with van der Waals surface area (Å²) in [6.45, 7) is 5.00. The average molecular weight is 261 g/mol. The largest absolute Gasteiger partial charge is 0.310 e. The fraction of sp³-hybridized carbons (Fsp3) is 1.00. The molecule has 5 fully saturated rings. The molecule has 19 heavy (non-hydrogen) atoms. The standard InChI is InChI=1S/C18H31N/c1-18(2)6-4-3-5-16(18)19-17-14-8-12-7-13(10-14)11-15(17)9-12/h12-17,19H,3-11H2,1-2H3. The number of nitrogens with one attached hydrogen (secondary N) is 1. The molecule has 5 rings (SSSR count). The van der Waals surface area contributed by atoms with Gasteiger partial charge in [0.2, 0.25) is 0 Å². The molecule has 0 spiro atoms. The second kappa shape index (κ2) is 4.48. The SMILES string of the molecule is CC1(C)CCCCC1NC1C2CC3CC(C2)CC1C3. The van der Waals surface area contributed by atoms with Crippen LogP contribution in [0.1, 0.15) is 71.6 Å². The van der Waals surface area contributed by atoms with Crippen molar-refractivity contribution in [1.29, 1.82) is 0 Å². The lowest BCUT2D eigenvalue weighted by molar-refractivity contribution is -0.0271. The Bertz CT molecular complexity index is 318. The monoisotopic (exact) mass is 261 g/mol. The van der Waals surface area contributed by atoms with E-state index < -0.39 is 0 Å². The molecule has 4 bridgehead atoms. The van der Waals surface area contributed by atoms with Gasteiger partial charge in [-0.15, -0.1) is 0 Å². The van der Waals surface area contributed by atoms with Crippen LogP contribution in [-0.2, 0) is 0 Å². The van der Waals surface area contributed by atoms with E-state index >= 15 is 0 Å². The topological polar surface area (TPSA) is 12.0 Å². The molecule has 1 heteroatoms. The van der Waals surface area contributed by atoms with E-state index in [4.69, 9.17) is 0 Å². The Kier molecular flexibility index (Phi) is 2.99. The van der Waals surface area contributed by atoms with Gasteiger partial charge in [-0.25, -0.2) is 0 Å². The first-order chi connectivity index (χ1) is 9.12. The van der Waals surface area contributed by atoms with Gasteiger partial charge in [-0.05, 0) is 74.0 Å².